The molecule has 0 unspecified atom stereocenters. The number of halogens is 2. The maximum atomic E-state index is 13.0. The van der Waals surface area contributed by atoms with E-state index in [9.17, 15) is 13.6 Å². The lowest BCUT2D eigenvalue weighted by molar-refractivity contribution is 0.101. The van der Waals surface area contributed by atoms with Gasteiger partial charge in [-0.15, -0.1) is 0 Å². The minimum Gasteiger partial charge on any atom is -0.489 e. The van der Waals surface area contributed by atoms with Crippen LogP contribution in [0.3, 0.4) is 0 Å². The molecule has 0 saturated heterocycles. The van der Waals surface area contributed by atoms with Crippen LogP contribution >= 0.6 is 0 Å². The Hall–Kier alpha value is -2.23. The summed E-state index contributed by atoms with van der Waals surface area (Å²) in [4.78, 5) is 11.1. The molecule has 0 spiro atoms. The molecule has 0 N–H and O–H groups in total. The number of hydrogen-bond acceptors (Lipinski definition) is 2. The fraction of sp³-hybridized carbons (Fsp3) is 0.133. The van der Waals surface area contributed by atoms with Crippen molar-refractivity contribution in [2.24, 2.45) is 0 Å². The Morgan fingerprint density at radius 3 is 2.32 bits per heavy atom. The lowest BCUT2D eigenvalue weighted by Gasteiger charge is -2.07. The van der Waals surface area contributed by atoms with E-state index in [0.29, 0.717) is 16.9 Å². The normalized spacial score (nSPS) is 10.3. The van der Waals surface area contributed by atoms with Crippen LogP contribution in [0.5, 0.6) is 5.75 Å². The molecule has 2 rings (SSSR count). The zero-order valence-electron chi connectivity index (χ0n) is 10.3. The van der Waals surface area contributed by atoms with Crippen LogP contribution < -0.4 is 4.74 Å². The van der Waals surface area contributed by atoms with Crippen LogP contribution in [0.4, 0.5) is 8.78 Å². The van der Waals surface area contributed by atoms with E-state index in [1.54, 1.807) is 24.3 Å². The van der Waals surface area contributed by atoms with E-state index in [0.717, 1.165) is 12.1 Å². The molecule has 0 fully saturated rings. The average molecular weight is 262 g/mol. The third kappa shape index (κ3) is 3.37. The Morgan fingerprint density at radius 1 is 1.05 bits per heavy atom. The summed E-state index contributed by atoms with van der Waals surface area (Å²) in [5.41, 5.74) is 1.13. The fourth-order valence-electron chi connectivity index (χ4n) is 1.58. The molecule has 2 aromatic carbocycles. The van der Waals surface area contributed by atoms with E-state index < -0.39 is 11.6 Å². The van der Waals surface area contributed by atoms with Gasteiger partial charge in [0.2, 0.25) is 0 Å². The molecule has 19 heavy (non-hydrogen) atoms. The van der Waals surface area contributed by atoms with E-state index in [1.807, 2.05) is 0 Å². The molecule has 4 heteroatoms. The van der Waals surface area contributed by atoms with Crippen LogP contribution in [-0.4, -0.2) is 5.78 Å². The second kappa shape index (κ2) is 5.61. The average Bonchev–Trinajstić information content (AvgIpc) is 2.40. The maximum Gasteiger partial charge on any atom is 0.159 e. The van der Waals surface area contributed by atoms with E-state index in [2.05, 4.69) is 0 Å². The molecular weight excluding hydrogens is 250 g/mol. The van der Waals surface area contributed by atoms with E-state index in [1.165, 1.54) is 13.0 Å². The van der Waals surface area contributed by atoms with Crippen molar-refractivity contribution in [3.05, 3.63) is 65.2 Å². The van der Waals surface area contributed by atoms with Crippen LogP contribution in [-0.2, 0) is 6.61 Å². The molecule has 0 aromatic heterocycles. The standard InChI is InChI=1S/C15H12F2O2/c1-10(18)12-3-5-13(6-4-12)19-9-11-2-7-14(16)15(17)8-11/h2-8H,9H2,1H3. The van der Waals surface area contributed by atoms with Crippen molar-refractivity contribution in [2.45, 2.75) is 13.5 Å². The molecule has 2 aromatic rings. The summed E-state index contributed by atoms with van der Waals surface area (Å²) in [6, 6.07) is 10.3. The first-order valence-electron chi connectivity index (χ1n) is 5.74. The molecule has 0 amide bonds. The van der Waals surface area contributed by atoms with Gasteiger partial charge in [-0.3, -0.25) is 4.79 Å². The molecule has 0 aliphatic carbocycles. The summed E-state index contributed by atoms with van der Waals surface area (Å²) < 4.78 is 31.1. The number of Topliss-reactive ketones (excluding diaryl/α,β-unsaturated/α-hetero) is 1. The summed E-state index contributed by atoms with van der Waals surface area (Å²) >= 11 is 0. The van der Waals surface area contributed by atoms with E-state index >= 15 is 0 Å². The number of carbonyl (C=O) groups excluding carboxylic acids is 1. The highest BCUT2D eigenvalue weighted by Crippen LogP contribution is 2.15. The molecular formula is C15H12F2O2. The van der Waals surface area contributed by atoms with Crippen LogP contribution in [0, 0.1) is 11.6 Å². The number of ketones is 1. The summed E-state index contributed by atoms with van der Waals surface area (Å²) in [7, 11) is 0. The molecule has 0 saturated carbocycles. The summed E-state index contributed by atoms with van der Waals surface area (Å²) in [5.74, 6) is -1.23. The van der Waals surface area contributed by atoms with Crippen molar-refractivity contribution >= 4 is 5.78 Å². The van der Waals surface area contributed by atoms with Gasteiger partial charge in [0.1, 0.15) is 12.4 Å². The summed E-state index contributed by atoms with van der Waals surface area (Å²) in [5, 5.41) is 0. The van der Waals surface area contributed by atoms with Crippen molar-refractivity contribution in [1.82, 2.24) is 0 Å². The Labute approximate surface area is 109 Å². The van der Waals surface area contributed by atoms with Crippen molar-refractivity contribution in [2.75, 3.05) is 0 Å². The van der Waals surface area contributed by atoms with Crippen LogP contribution in [0.2, 0.25) is 0 Å². The number of carbonyl (C=O) groups is 1. The van der Waals surface area contributed by atoms with Crippen LogP contribution in [0.25, 0.3) is 0 Å². The first-order chi connectivity index (χ1) is 9.06. The summed E-state index contributed by atoms with van der Waals surface area (Å²) in [6.07, 6.45) is 0. The molecule has 0 aliphatic heterocycles. The quantitative estimate of drug-likeness (QED) is 0.784. The Morgan fingerprint density at radius 2 is 1.74 bits per heavy atom. The van der Waals surface area contributed by atoms with Gasteiger partial charge in [0.25, 0.3) is 0 Å². The first kappa shape index (κ1) is 13.2. The van der Waals surface area contributed by atoms with Gasteiger partial charge in [-0.2, -0.15) is 0 Å². The third-order valence-corrected chi connectivity index (χ3v) is 2.65. The second-order valence-corrected chi connectivity index (χ2v) is 4.12. The molecule has 0 radical (unpaired) electrons. The zero-order valence-corrected chi connectivity index (χ0v) is 10.3. The first-order valence-corrected chi connectivity index (χ1v) is 5.74. The van der Waals surface area contributed by atoms with Gasteiger partial charge in [0, 0.05) is 5.56 Å². The number of hydrogen-bond donors (Lipinski definition) is 0. The highest BCUT2D eigenvalue weighted by molar-refractivity contribution is 5.94. The van der Waals surface area contributed by atoms with Gasteiger partial charge in [0.15, 0.2) is 17.4 Å². The van der Waals surface area contributed by atoms with Gasteiger partial charge >= 0.3 is 0 Å². The molecule has 2 nitrogen and oxygen atoms in total. The monoisotopic (exact) mass is 262 g/mol. The predicted molar refractivity (Wildman–Crippen MR) is 67.1 cm³/mol. The predicted octanol–water partition coefficient (Wildman–Crippen LogP) is 3.75. The van der Waals surface area contributed by atoms with Gasteiger partial charge in [-0.25, -0.2) is 8.78 Å². The van der Waals surface area contributed by atoms with Crippen LogP contribution in [0.1, 0.15) is 22.8 Å². The van der Waals surface area contributed by atoms with Crippen molar-refractivity contribution in [3.8, 4) is 5.75 Å². The topological polar surface area (TPSA) is 26.3 Å². The highest BCUT2D eigenvalue weighted by atomic mass is 19.2. The summed E-state index contributed by atoms with van der Waals surface area (Å²) in [6.45, 7) is 1.62. The minimum atomic E-state index is -0.895. The lowest BCUT2D eigenvalue weighted by atomic mass is 10.1. The molecule has 0 bridgehead atoms. The third-order valence-electron chi connectivity index (χ3n) is 2.65. The lowest BCUT2D eigenvalue weighted by Crippen LogP contribution is -1.98. The second-order valence-electron chi connectivity index (χ2n) is 4.12. The highest BCUT2D eigenvalue weighted by Gasteiger charge is 2.04. The van der Waals surface area contributed by atoms with Gasteiger partial charge < -0.3 is 4.74 Å². The smallest absolute Gasteiger partial charge is 0.159 e. The minimum absolute atomic E-state index is 0.0212. The molecule has 0 aliphatic rings. The van der Waals surface area contributed by atoms with Gasteiger partial charge in [0.05, 0.1) is 0 Å². The van der Waals surface area contributed by atoms with Crippen molar-refractivity contribution < 1.29 is 18.3 Å². The van der Waals surface area contributed by atoms with Crippen molar-refractivity contribution in [1.29, 1.82) is 0 Å². The number of rotatable bonds is 4. The Bertz CT molecular complexity index is 592. The largest absolute Gasteiger partial charge is 0.489 e. The Kier molecular flexibility index (Phi) is 3.90. The van der Waals surface area contributed by atoms with E-state index in [-0.39, 0.29) is 12.4 Å². The maximum absolute atomic E-state index is 13.0. The Balaban J connectivity index is 2.01. The van der Waals surface area contributed by atoms with Crippen molar-refractivity contribution in [3.63, 3.8) is 0 Å². The van der Waals surface area contributed by atoms with Crippen LogP contribution in [0.15, 0.2) is 42.5 Å². The molecule has 0 atom stereocenters. The molecule has 0 heterocycles. The van der Waals surface area contributed by atoms with Gasteiger partial charge in [-0.1, -0.05) is 6.07 Å². The fourth-order valence-corrected chi connectivity index (χ4v) is 1.58. The molecule has 98 valence electrons. The zero-order chi connectivity index (χ0) is 13.8. The van der Waals surface area contributed by atoms with E-state index in [4.69, 9.17) is 4.74 Å². The SMILES string of the molecule is CC(=O)c1ccc(OCc2ccc(F)c(F)c2)cc1. The van der Waals surface area contributed by atoms with Gasteiger partial charge in [-0.05, 0) is 48.9 Å². The number of benzene rings is 2. The number of ether oxygens (including phenoxy) is 1.